The molecule has 2 unspecified atom stereocenters. The van der Waals surface area contributed by atoms with E-state index < -0.39 is 0 Å². The summed E-state index contributed by atoms with van der Waals surface area (Å²) in [5.41, 5.74) is 5.67. The number of carbonyl (C=O) groups excluding carboxylic acids is 1. The van der Waals surface area contributed by atoms with Crippen LogP contribution in [0, 0.1) is 23.2 Å². The molecule has 3 N–H and O–H groups in total. The Morgan fingerprint density at radius 3 is 2.94 bits per heavy atom. The maximum Gasteiger partial charge on any atom is 0.246 e. The maximum atomic E-state index is 11.3. The van der Waals surface area contributed by atoms with Crippen molar-refractivity contribution in [3.05, 3.63) is 0 Å². The Kier molecular flexibility index (Phi) is 6.60. The molecular formula is C12H21N3O2. The summed E-state index contributed by atoms with van der Waals surface area (Å²) < 4.78 is 5.39. The van der Waals surface area contributed by atoms with Gasteiger partial charge in [0.05, 0.1) is 19.1 Å². The molecule has 0 aromatic heterocycles. The van der Waals surface area contributed by atoms with Gasteiger partial charge in [-0.1, -0.05) is 6.42 Å². The van der Waals surface area contributed by atoms with E-state index in [1.807, 2.05) is 6.07 Å². The van der Waals surface area contributed by atoms with E-state index in [2.05, 4.69) is 5.32 Å². The summed E-state index contributed by atoms with van der Waals surface area (Å²) in [4.78, 5) is 11.3. The van der Waals surface area contributed by atoms with Crippen LogP contribution in [0.25, 0.3) is 0 Å². The van der Waals surface area contributed by atoms with Gasteiger partial charge in [0.15, 0.2) is 0 Å². The van der Waals surface area contributed by atoms with Crippen LogP contribution in [0.15, 0.2) is 0 Å². The van der Waals surface area contributed by atoms with E-state index in [0.29, 0.717) is 38.0 Å². The Bertz CT molecular complexity index is 275. The number of amides is 1. The van der Waals surface area contributed by atoms with Crippen molar-refractivity contribution in [1.82, 2.24) is 5.32 Å². The SMILES string of the molecule is N#CCCNC(=O)COCC1CCCC1CN. The summed E-state index contributed by atoms with van der Waals surface area (Å²) in [6.07, 6.45) is 3.88. The largest absolute Gasteiger partial charge is 0.371 e. The lowest BCUT2D eigenvalue weighted by Gasteiger charge is -2.17. The molecule has 2 atom stereocenters. The molecular weight excluding hydrogens is 218 g/mol. The predicted molar refractivity (Wildman–Crippen MR) is 63.9 cm³/mol. The van der Waals surface area contributed by atoms with E-state index in [-0.39, 0.29) is 12.5 Å². The van der Waals surface area contributed by atoms with Crippen molar-refractivity contribution in [3.63, 3.8) is 0 Å². The number of ether oxygens (including phenoxy) is 1. The first-order chi connectivity index (χ1) is 8.27. The number of hydrogen-bond donors (Lipinski definition) is 2. The zero-order valence-corrected chi connectivity index (χ0v) is 10.2. The number of nitrogens with two attached hydrogens (primary N) is 1. The minimum atomic E-state index is -0.150. The fourth-order valence-corrected chi connectivity index (χ4v) is 2.26. The first-order valence-corrected chi connectivity index (χ1v) is 6.19. The number of carbonyl (C=O) groups is 1. The van der Waals surface area contributed by atoms with Crippen LogP contribution in [0.1, 0.15) is 25.7 Å². The first kappa shape index (κ1) is 13.9. The van der Waals surface area contributed by atoms with Crippen LogP contribution in [-0.4, -0.2) is 32.2 Å². The first-order valence-electron chi connectivity index (χ1n) is 6.19. The van der Waals surface area contributed by atoms with Crippen LogP contribution < -0.4 is 11.1 Å². The molecule has 0 aromatic carbocycles. The normalized spacial score (nSPS) is 23.3. The molecule has 5 nitrogen and oxygen atoms in total. The smallest absolute Gasteiger partial charge is 0.246 e. The van der Waals surface area contributed by atoms with Crippen LogP contribution in [0.3, 0.4) is 0 Å². The molecule has 0 bridgehead atoms. The van der Waals surface area contributed by atoms with Crippen molar-refractivity contribution in [2.24, 2.45) is 17.6 Å². The van der Waals surface area contributed by atoms with Crippen molar-refractivity contribution in [2.45, 2.75) is 25.7 Å². The molecule has 1 aliphatic rings. The van der Waals surface area contributed by atoms with Crippen LogP contribution in [0.4, 0.5) is 0 Å². The van der Waals surface area contributed by atoms with Crippen LogP contribution >= 0.6 is 0 Å². The Hall–Kier alpha value is -1.12. The summed E-state index contributed by atoms with van der Waals surface area (Å²) in [7, 11) is 0. The van der Waals surface area contributed by atoms with Crippen molar-refractivity contribution in [3.8, 4) is 6.07 Å². The standard InChI is InChI=1S/C12H21N3O2/c13-5-2-6-15-12(16)9-17-8-11-4-1-3-10(11)7-14/h10-11H,1-4,6-9,14H2,(H,15,16). The maximum absolute atomic E-state index is 11.3. The van der Waals surface area contributed by atoms with Crippen molar-refractivity contribution < 1.29 is 9.53 Å². The lowest BCUT2D eigenvalue weighted by molar-refractivity contribution is -0.126. The van der Waals surface area contributed by atoms with Gasteiger partial charge in [-0.2, -0.15) is 5.26 Å². The van der Waals surface area contributed by atoms with Gasteiger partial charge in [0.1, 0.15) is 6.61 Å². The average Bonchev–Trinajstić information content (AvgIpc) is 2.77. The molecule has 0 saturated heterocycles. The van der Waals surface area contributed by atoms with Crippen LogP contribution in [-0.2, 0) is 9.53 Å². The Balaban J connectivity index is 2.07. The number of nitrogens with one attached hydrogen (secondary N) is 1. The molecule has 1 saturated carbocycles. The second kappa shape index (κ2) is 8.04. The van der Waals surface area contributed by atoms with Gasteiger partial charge in [0.25, 0.3) is 0 Å². The lowest BCUT2D eigenvalue weighted by atomic mass is 9.97. The molecule has 1 fully saturated rings. The van der Waals surface area contributed by atoms with Crippen LogP contribution in [0.2, 0.25) is 0 Å². The quantitative estimate of drug-likeness (QED) is 0.630. The third-order valence-electron chi connectivity index (χ3n) is 3.24. The highest BCUT2D eigenvalue weighted by molar-refractivity contribution is 5.77. The molecule has 96 valence electrons. The van der Waals surface area contributed by atoms with Crippen molar-refractivity contribution in [2.75, 3.05) is 26.3 Å². The topological polar surface area (TPSA) is 88.1 Å². The molecule has 0 aromatic rings. The number of nitrogens with zero attached hydrogens (tertiary/aromatic N) is 1. The summed E-state index contributed by atoms with van der Waals surface area (Å²) in [6.45, 7) is 1.81. The Morgan fingerprint density at radius 2 is 2.24 bits per heavy atom. The van der Waals surface area contributed by atoms with Crippen LogP contribution in [0.5, 0.6) is 0 Å². The lowest BCUT2D eigenvalue weighted by Crippen LogP contribution is -2.30. The van der Waals surface area contributed by atoms with Gasteiger partial charge in [0, 0.05) is 6.54 Å². The minimum Gasteiger partial charge on any atom is -0.371 e. The van der Waals surface area contributed by atoms with Gasteiger partial charge in [-0.05, 0) is 31.2 Å². The van der Waals surface area contributed by atoms with E-state index in [0.717, 1.165) is 6.42 Å². The van der Waals surface area contributed by atoms with E-state index in [1.54, 1.807) is 0 Å². The molecule has 1 aliphatic carbocycles. The van der Waals surface area contributed by atoms with Gasteiger partial charge in [-0.15, -0.1) is 0 Å². The van der Waals surface area contributed by atoms with Crippen molar-refractivity contribution in [1.29, 1.82) is 5.26 Å². The monoisotopic (exact) mass is 239 g/mol. The zero-order valence-electron chi connectivity index (χ0n) is 10.2. The number of rotatable bonds is 7. The third-order valence-corrected chi connectivity index (χ3v) is 3.24. The Morgan fingerprint density at radius 1 is 1.47 bits per heavy atom. The second-order valence-electron chi connectivity index (χ2n) is 4.46. The fourth-order valence-electron chi connectivity index (χ4n) is 2.26. The average molecular weight is 239 g/mol. The van der Waals surface area contributed by atoms with Crippen molar-refractivity contribution >= 4 is 5.91 Å². The Labute approximate surface area is 102 Å². The summed E-state index contributed by atoms with van der Waals surface area (Å²) in [5, 5.41) is 10.9. The minimum absolute atomic E-state index is 0.0826. The highest BCUT2D eigenvalue weighted by Gasteiger charge is 2.26. The van der Waals surface area contributed by atoms with Gasteiger partial charge in [0.2, 0.25) is 5.91 Å². The molecule has 17 heavy (non-hydrogen) atoms. The summed E-state index contributed by atoms with van der Waals surface area (Å²) >= 11 is 0. The highest BCUT2D eigenvalue weighted by Crippen LogP contribution is 2.30. The molecule has 0 aliphatic heterocycles. The zero-order chi connectivity index (χ0) is 12.5. The molecule has 5 heteroatoms. The molecule has 0 heterocycles. The highest BCUT2D eigenvalue weighted by atomic mass is 16.5. The molecule has 1 rings (SSSR count). The van der Waals surface area contributed by atoms with E-state index >= 15 is 0 Å². The summed E-state index contributed by atoms with van der Waals surface area (Å²) in [5.74, 6) is 0.908. The molecule has 1 amide bonds. The third kappa shape index (κ3) is 5.16. The van der Waals surface area contributed by atoms with E-state index in [9.17, 15) is 4.79 Å². The van der Waals surface area contributed by atoms with Gasteiger partial charge in [-0.3, -0.25) is 4.79 Å². The number of nitriles is 1. The summed E-state index contributed by atoms with van der Waals surface area (Å²) in [6, 6.07) is 1.97. The van der Waals surface area contributed by atoms with Gasteiger partial charge < -0.3 is 15.8 Å². The van der Waals surface area contributed by atoms with Gasteiger partial charge >= 0.3 is 0 Å². The molecule has 0 spiro atoms. The van der Waals surface area contributed by atoms with Gasteiger partial charge in [-0.25, -0.2) is 0 Å². The van der Waals surface area contributed by atoms with E-state index in [1.165, 1.54) is 12.8 Å². The number of hydrogen-bond acceptors (Lipinski definition) is 4. The molecule has 0 radical (unpaired) electrons. The second-order valence-corrected chi connectivity index (χ2v) is 4.46. The fraction of sp³-hybridized carbons (Fsp3) is 0.833. The predicted octanol–water partition coefficient (Wildman–Crippen LogP) is 0.408. The van der Waals surface area contributed by atoms with E-state index in [4.69, 9.17) is 15.7 Å².